The van der Waals surface area contributed by atoms with Crippen LogP contribution in [0, 0.1) is 0 Å². The Balaban J connectivity index is 1.71. The van der Waals surface area contributed by atoms with E-state index < -0.39 is 0 Å². The van der Waals surface area contributed by atoms with Gasteiger partial charge in [0.1, 0.15) is 5.75 Å². The lowest BCUT2D eigenvalue weighted by molar-refractivity contribution is -0.120. The number of benzene rings is 1. The number of aromatic nitrogens is 2. The monoisotopic (exact) mass is 387 g/mol. The van der Waals surface area contributed by atoms with E-state index in [-0.39, 0.29) is 29.6 Å². The van der Waals surface area contributed by atoms with Crippen molar-refractivity contribution in [2.75, 3.05) is 24.3 Å². The Labute approximate surface area is 161 Å². The first kappa shape index (κ1) is 19.2. The van der Waals surface area contributed by atoms with Gasteiger partial charge in [-0.25, -0.2) is 4.98 Å². The number of hydrogen-bond donors (Lipinski definition) is 1. The van der Waals surface area contributed by atoms with E-state index in [0.717, 1.165) is 25.0 Å². The minimum Gasteiger partial charge on any atom is -0.482 e. The van der Waals surface area contributed by atoms with Gasteiger partial charge in [0, 0.05) is 24.4 Å². The lowest BCUT2D eigenvalue weighted by Crippen LogP contribution is -2.35. The molecule has 142 valence electrons. The molecule has 0 unspecified atom stereocenters. The number of ketones is 1. The summed E-state index contributed by atoms with van der Waals surface area (Å²) >= 11 is 1.20. The van der Waals surface area contributed by atoms with Crippen LogP contribution in [0.15, 0.2) is 34.2 Å². The number of nitrogens with zero attached hydrogens (tertiary/aromatic N) is 2. The highest BCUT2D eigenvalue weighted by atomic mass is 32.2. The van der Waals surface area contributed by atoms with Gasteiger partial charge >= 0.3 is 0 Å². The second-order valence-electron chi connectivity index (χ2n) is 6.28. The Bertz CT molecular complexity index is 925. The number of ether oxygens (including phenoxy) is 1. The molecule has 0 fully saturated rings. The molecule has 0 bridgehead atoms. The maximum atomic E-state index is 12.5. The molecule has 3 rings (SSSR count). The van der Waals surface area contributed by atoms with E-state index in [9.17, 15) is 14.4 Å². The molecule has 1 aliphatic heterocycles. The van der Waals surface area contributed by atoms with Gasteiger partial charge in [0.2, 0.25) is 0 Å². The Morgan fingerprint density at radius 1 is 1.33 bits per heavy atom. The second-order valence-corrected chi connectivity index (χ2v) is 7.25. The molecule has 1 N–H and O–H groups in total. The van der Waals surface area contributed by atoms with Gasteiger partial charge in [-0.1, -0.05) is 25.1 Å². The quantitative estimate of drug-likeness (QED) is 0.446. The zero-order chi connectivity index (χ0) is 19.4. The summed E-state index contributed by atoms with van der Waals surface area (Å²) in [4.78, 5) is 44.6. The molecule has 0 saturated carbocycles. The molecule has 1 aromatic heterocycles. The average Bonchev–Trinajstić information content (AvgIpc) is 2.67. The minimum atomic E-state index is -0.211. The van der Waals surface area contributed by atoms with Gasteiger partial charge < -0.3 is 14.6 Å². The largest absolute Gasteiger partial charge is 0.482 e. The molecular weight excluding hydrogens is 366 g/mol. The smallest absolute Gasteiger partial charge is 0.264 e. The molecule has 2 aromatic rings. The number of aromatic amines is 1. The van der Waals surface area contributed by atoms with Gasteiger partial charge in [-0.15, -0.1) is 0 Å². The molecule has 0 saturated heterocycles. The lowest BCUT2D eigenvalue weighted by Gasteiger charge is -2.26. The normalized spacial score (nSPS) is 13.3. The van der Waals surface area contributed by atoms with Crippen molar-refractivity contribution in [3.05, 3.63) is 45.9 Å². The number of hydrogen-bond acceptors (Lipinski definition) is 6. The van der Waals surface area contributed by atoms with Gasteiger partial charge in [-0.3, -0.25) is 14.4 Å². The number of nitrogens with one attached hydrogen (secondary N) is 1. The molecule has 7 nitrogen and oxygen atoms in total. The predicted molar refractivity (Wildman–Crippen MR) is 104 cm³/mol. The van der Waals surface area contributed by atoms with Gasteiger partial charge in [0.25, 0.3) is 11.5 Å². The van der Waals surface area contributed by atoms with Crippen molar-refractivity contribution in [2.45, 2.75) is 31.3 Å². The molecule has 0 radical (unpaired) electrons. The third-order valence-electron chi connectivity index (χ3n) is 4.27. The summed E-state index contributed by atoms with van der Waals surface area (Å²) in [6.07, 6.45) is 2.73. The van der Waals surface area contributed by atoms with Crippen molar-refractivity contribution in [3.63, 3.8) is 0 Å². The molecule has 2 heterocycles. The number of amides is 1. The van der Waals surface area contributed by atoms with Gasteiger partial charge in [0.05, 0.1) is 11.4 Å². The number of rotatable bonds is 7. The molecular formula is C19H21N3O4S. The highest BCUT2D eigenvalue weighted by Gasteiger charge is 2.23. The Morgan fingerprint density at radius 3 is 2.93 bits per heavy atom. The standard InChI is InChI=1S/C19H21N3O4S/c1-3-4-5-13-9-17(24)21-19(20-13)27-11-15(23)12-6-7-16-14(8-12)22(2)18(25)10-26-16/h6-9H,3-5,10-11H2,1-2H3,(H,20,21,24). The van der Waals surface area contributed by atoms with Crippen LogP contribution in [0.3, 0.4) is 0 Å². The van der Waals surface area contributed by atoms with Gasteiger partial charge in [-0.2, -0.15) is 0 Å². The summed E-state index contributed by atoms with van der Waals surface area (Å²) in [5.74, 6) is 0.441. The number of H-pyrrole nitrogens is 1. The summed E-state index contributed by atoms with van der Waals surface area (Å²) in [6.45, 7) is 2.08. The fourth-order valence-corrected chi connectivity index (χ4v) is 3.49. The van der Waals surface area contributed by atoms with Crippen molar-refractivity contribution in [2.24, 2.45) is 0 Å². The summed E-state index contributed by atoms with van der Waals surface area (Å²) in [6, 6.07) is 6.53. The SMILES string of the molecule is CCCCc1cc(=O)[nH]c(SCC(=O)c2ccc3c(c2)N(C)C(=O)CO3)n1. The van der Waals surface area contributed by atoms with E-state index >= 15 is 0 Å². The molecule has 1 aromatic carbocycles. The van der Waals surface area contributed by atoms with Crippen LogP contribution in [0.5, 0.6) is 5.75 Å². The molecule has 0 spiro atoms. The molecule has 0 aliphatic carbocycles. The molecule has 1 amide bonds. The zero-order valence-electron chi connectivity index (χ0n) is 15.3. The van der Waals surface area contributed by atoms with Crippen LogP contribution in [-0.2, 0) is 11.2 Å². The van der Waals surface area contributed by atoms with E-state index in [1.807, 2.05) is 0 Å². The predicted octanol–water partition coefficient (Wildman–Crippen LogP) is 2.44. The maximum Gasteiger partial charge on any atom is 0.264 e. The first-order chi connectivity index (χ1) is 13.0. The van der Waals surface area contributed by atoms with E-state index in [1.165, 1.54) is 22.7 Å². The summed E-state index contributed by atoms with van der Waals surface area (Å²) in [5, 5.41) is 0.440. The number of unbranched alkanes of at least 4 members (excludes halogenated alkanes) is 1. The molecule has 0 atom stereocenters. The first-order valence-electron chi connectivity index (χ1n) is 8.77. The molecule has 8 heteroatoms. The number of fused-ring (bicyclic) bond motifs is 1. The van der Waals surface area contributed by atoms with Crippen molar-refractivity contribution in [3.8, 4) is 5.75 Å². The summed E-state index contributed by atoms with van der Waals surface area (Å²) in [5.41, 5.74) is 1.59. The van der Waals surface area contributed by atoms with Gasteiger partial charge in [0.15, 0.2) is 17.5 Å². The Kier molecular flexibility index (Phi) is 5.95. The minimum absolute atomic E-state index is 0.0000490. The maximum absolute atomic E-state index is 12.5. The number of Topliss-reactive ketones (excluding diaryl/α,β-unsaturated/α-hetero) is 1. The van der Waals surface area contributed by atoms with Crippen LogP contribution in [0.25, 0.3) is 0 Å². The fraction of sp³-hybridized carbons (Fsp3) is 0.368. The van der Waals surface area contributed by atoms with Crippen molar-refractivity contribution in [1.29, 1.82) is 0 Å². The second kappa shape index (κ2) is 8.39. The van der Waals surface area contributed by atoms with Crippen molar-refractivity contribution >= 4 is 29.1 Å². The topological polar surface area (TPSA) is 92.4 Å². The van der Waals surface area contributed by atoms with Crippen LogP contribution in [0.4, 0.5) is 5.69 Å². The number of aryl methyl sites for hydroxylation is 1. The van der Waals surface area contributed by atoms with Crippen LogP contribution in [0.2, 0.25) is 0 Å². The van der Waals surface area contributed by atoms with Crippen LogP contribution >= 0.6 is 11.8 Å². The Hall–Kier alpha value is -2.61. The van der Waals surface area contributed by atoms with Gasteiger partial charge in [-0.05, 0) is 31.0 Å². The van der Waals surface area contributed by atoms with E-state index in [2.05, 4.69) is 16.9 Å². The van der Waals surface area contributed by atoms with E-state index in [1.54, 1.807) is 25.2 Å². The van der Waals surface area contributed by atoms with E-state index in [4.69, 9.17) is 4.74 Å². The summed E-state index contributed by atoms with van der Waals surface area (Å²) < 4.78 is 5.37. The van der Waals surface area contributed by atoms with Crippen molar-refractivity contribution in [1.82, 2.24) is 9.97 Å². The number of carbonyl (C=O) groups excluding carboxylic acids is 2. The highest BCUT2D eigenvalue weighted by molar-refractivity contribution is 7.99. The Morgan fingerprint density at radius 2 is 2.15 bits per heavy atom. The third kappa shape index (κ3) is 4.57. The number of likely N-dealkylation sites (N-methyl/N-ethyl adjacent to an activating group) is 1. The third-order valence-corrected chi connectivity index (χ3v) is 5.14. The number of anilines is 1. The zero-order valence-corrected chi connectivity index (χ0v) is 16.1. The fourth-order valence-electron chi connectivity index (χ4n) is 2.70. The van der Waals surface area contributed by atoms with Crippen LogP contribution in [-0.4, -0.2) is 41.1 Å². The van der Waals surface area contributed by atoms with Crippen LogP contribution < -0.4 is 15.2 Å². The molecule has 27 heavy (non-hydrogen) atoms. The number of carbonyl (C=O) groups is 2. The average molecular weight is 387 g/mol. The summed E-state index contributed by atoms with van der Waals surface area (Å²) in [7, 11) is 1.66. The van der Waals surface area contributed by atoms with Crippen molar-refractivity contribution < 1.29 is 14.3 Å². The van der Waals surface area contributed by atoms with E-state index in [0.29, 0.717) is 22.2 Å². The number of thioether (sulfide) groups is 1. The lowest BCUT2D eigenvalue weighted by atomic mass is 10.1. The van der Waals surface area contributed by atoms with Crippen LogP contribution in [0.1, 0.15) is 35.8 Å². The highest BCUT2D eigenvalue weighted by Crippen LogP contribution is 2.32. The first-order valence-corrected chi connectivity index (χ1v) is 9.76. The molecule has 1 aliphatic rings.